The molecule has 0 saturated carbocycles. The summed E-state index contributed by atoms with van der Waals surface area (Å²) in [7, 11) is 3.20. The molecular weight excluding hydrogens is 379 g/mol. The Balaban J connectivity index is 2.25. The van der Waals surface area contributed by atoms with E-state index in [0.717, 1.165) is 9.13 Å². The van der Waals surface area contributed by atoms with Crippen molar-refractivity contribution in [1.29, 1.82) is 0 Å². The van der Waals surface area contributed by atoms with Gasteiger partial charge in [0.2, 0.25) is 0 Å². The predicted octanol–water partition coefficient (Wildman–Crippen LogP) is 4.20. The van der Waals surface area contributed by atoms with Gasteiger partial charge in [-0.15, -0.1) is 0 Å². The van der Waals surface area contributed by atoms with Crippen LogP contribution in [0.25, 0.3) is 6.08 Å². The number of carbonyl (C=O) groups is 1. The SMILES string of the molecule is COc1cc(/C=C/C(=O)c2ccccc2)cc(I)c1OC. The molecule has 108 valence electrons. The lowest BCUT2D eigenvalue weighted by Crippen LogP contribution is -1.95. The fourth-order valence-electron chi connectivity index (χ4n) is 1.90. The lowest BCUT2D eigenvalue weighted by atomic mass is 10.1. The number of hydrogen-bond donors (Lipinski definition) is 0. The summed E-state index contributed by atoms with van der Waals surface area (Å²) in [5.74, 6) is 1.32. The Bertz CT molecular complexity index is 663. The molecule has 0 N–H and O–H groups in total. The van der Waals surface area contributed by atoms with Gasteiger partial charge in [0.1, 0.15) is 0 Å². The lowest BCUT2D eigenvalue weighted by Gasteiger charge is -2.10. The molecule has 2 aromatic carbocycles. The van der Waals surface area contributed by atoms with E-state index in [4.69, 9.17) is 9.47 Å². The van der Waals surface area contributed by atoms with Crippen LogP contribution in [0.2, 0.25) is 0 Å². The smallest absolute Gasteiger partial charge is 0.185 e. The molecule has 4 heteroatoms. The number of benzene rings is 2. The van der Waals surface area contributed by atoms with Gasteiger partial charge in [-0.05, 0) is 46.4 Å². The largest absolute Gasteiger partial charge is 0.493 e. The highest BCUT2D eigenvalue weighted by Gasteiger charge is 2.09. The van der Waals surface area contributed by atoms with Crippen molar-refractivity contribution >= 4 is 34.5 Å². The molecule has 0 spiro atoms. The van der Waals surface area contributed by atoms with Crippen LogP contribution >= 0.6 is 22.6 Å². The minimum absolute atomic E-state index is 0.0274. The third-order valence-corrected chi connectivity index (χ3v) is 3.74. The lowest BCUT2D eigenvalue weighted by molar-refractivity contribution is 0.104. The molecule has 0 heterocycles. The minimum Gasteiger partial charge on any atom is -0.493 e. The van der Waals surface area contributed by atoms with Gasteiger partial charge in [-0.25, -0.2) is 0 Å². The van der Waals surface area contributed by atoms with Gasteiger partial charge < -0.3 is 9.47 Å². The third-order valence-electron chi connectivity index (χ3n) is 2.94. The van der Waals surface area contributed by atoms with Crippen molar-refractivity contribution in [1.82, 2.24) is 0 Å². The number of ketones is 1. The second kappa shape index (κ2) is 7.26. The van der Waals surface area contributed by atoms with Crippen LogP contribution in [0.5, 0.6) is 11.5 Å². The number of carbonyl (C=O) groups excluding carboxylic acids is 1. The van der Waals surface area contributed by atoms with Crippen molar-refractivity contribution in [2.24, 2.45) is 0 Å². The molecular formula is C17H15IO3. The van der Waals surface area contributed by atoms with Crippen molar-refractivity contribution < 1.29 is 14.3 Å². The molecule has 2 aromatic rings. The van der Waals surface area contributed by atoms with Crippen LogP contribution in [0.3, 0.4) is 0 Å². The van der Waals surface area contributed by atoms with Crippen LogP contribution in [0.15, 0.2) is 48.5 Å². The maximum Gasteiger partial charge on any atom is 0.185 e. The Labute approximate surface area is 137 Å². The maximum atomic E-state index is 12.0. The third kappa shape index (κ3) is 3.85. The Morgan fingerprint density at radius 1 is 1.10 bits per heavy atom. The van der Waals surface area contributed by atoms with E-state index in [-0.39, 0.29) is 5.78 Å². The van der Waals surface area contributed by atoms with Gasteiger partial charge in [-0.1, -0.05) is 36.4 Å². The molecule has 0 radical (unpaired) electrons. The normalized spacial score (nSPS) is 10.6. The first-order chi connectivity index (χ1) is 10.2. The Morgan fingerprint density at radius 3 is 2.43 bits per heavy atom. The Kier molecular flexibility index (Phi) is 5.38. The van der Waals surface area contributed by atoms with Gasteiger partial charge in [-0.3, -0.25) is 4.79 Å². The molecule has 3 nitrogen and oxygen atoms in total. The standard InChI is InChI=1S/C17H15IO3/c1-20-16-11-12(10-14(18)17(16)21-2)8-9-15(19)13-6-4-3-5-7-13/h3-11H,1-2H3/b9-8+. The van der Waals surface area contributed by atoms with Crippen LogP contribution in [0.4, 0.5) is 0 Å². The summed E-state index contributed by atoms with van der Waals surface area (Å²) in [4.78, 5) is 12.0. The average molecular weight is 394 g/mol. The first-order valence-electron chi connectivity index (χ1n) is 6.34. The Hall–Kier alpha value is -1.82. The maximum absolute atomic E-state index is 12.0. The fraction of sp³-hybridized carbons (Fsp3) is 0.118. The van der Waals surface area contributed by atoms with Crippen molar-refractivity contribution in [3.05, 3.63) is 63.2 Å². The van der Waals surface area contributed by atoms with Gasteiger partial charge in [-0.2, -0.15) is 0 Å². The summed E-state index contributed by atoms with van der Waals surface area (Å²) in [6.45, 7) is 0. The first kappa shape index (κ1) is 15.6. The zero-order valence-corrected chi connectivity index (χ0v) is 14.0. The molecule has 0 saturated heterocycles. The number of hydrogen-bond acceptors (Lipinski definition) is 3. The van der Waals surface area contributed by atoms with E-state index in [9.17, 15) is 4.79 Å². The van der Waals surface area contributed by atoms with Gasteiger partial charge in [0.05, 0.1) is 17.8 Å². The molecule has 0 fully saturated rings. The molecule has 0 amide bonds. The summed E-state index contributed by atoms with van der Waals surface area (Å²) >= 11 is 2.18. The predicted molar refractivity (Wildman–Crippen MR) is 92.1 cm³/mol. The highest BCUT2D eigenvalue weighted by molar-refractivity contribution is 14.1. The van der Waals surface area contributed by atoms with Crippen molar-refractivity contribution in [3.63, 3.8) is 0 Å². The second-order valence-corrected chi connectivity index (χ2v) is 5.46. The fourth-order valence-corrected chi connectivity index (χ4v) is 2.75. The van der Waals surface area contributed by atoms with E-state index in [1.807, 2.05) is 30.3 Å². The quantitative estimate of drug-likeness (QED) is 0.433. The van der Waals surface area contributed by atoms with Crippen molar-refractivity contribution in [2.75, 3.05) is 14.2 Å². The van der Waals surface area contributed by atoms with Gasteiger partial charge in [0, 0.05) is 5.56 Å². The van der Waals surface area contributed by atoms with Gasteiger partial charge >= 0.3 is 0 Å². The molecule has 2 rings (SSSR count). The topological polar surface area (TPSA) is 35.5 Å². The van der Waals surface area contributed by atoms with E-state index < -0.39 is 0 Å². The van der Waals surface area contributed by atoms with Crippen LogP contribution in [0.1, 0.15) is 15.9 Å². The minimum atomic E-state index is -0.0274. The van der Waals surface area contributed by atoms with E-state index in [1.54, 1.807) is 38.5 Å². The van der Waals surface area contributed by atoms with E-state index in [0.29, 0.717) is 17.1 Å². The number of rotatable bonds is 5. The second-order valence-electron chi connectivity index (χ2n) is 4.30. The van der Waals surface area contributed by atoms with Crippen molar-refractivity contribution in [2.45, 2.75) is 0 Å². The summed E-state index contributed by atoms with van der Waals surface area (Å²) in [5.41, 5.74) is 1.56. The Morgan fingerprint density at radius 2 is 1.81 bits per heavy atom. The van der Waals surface area contributed by atoms with Gasteiger partial charge in [0.25, 0.3) is 0 Å². The van der Waals surface area contributed by atoms with Crippen LogP contribution in [0, 0.1) is 3.57 Å². The van der Waals surface area contributed by atoms with Crippen molar-refractivity contribution in [3.8, 4) is 11.5 Å². The number of halogens is 1. The summed E-state index contributed by atoms with van der Waals surface area (Å²) in [6, 6.07) is 13.0. The molecule has 21 heavy (non-hydrogen) atoms. The highest BCUT2D eigenvalue weighted by atomic mass is 127. The van der Waals surface area contributed by atoms with Gasteiger partial charge in [0.15, 0.2) is 17.3 Å². The summed E-state index contributed by atoms with van der Waals surface area (Å²) < 4.78 is 11.5. The summed E-state index contributed by atoms with van der Waals surface area (Å²) in [5, 5.41) is 0. The average Bonchev–Trinajstić information content (AvgIpc) is 2.52. The molecule has 0 atom stereocenters. The number of allylic oxidation sites excluding steroid dienone is 1. The summed E-state index contributed by atoms with van der Waals surface area (Å²) in [6.07, 6.45) is 3.34. The van der Waals surface area contributed by atoms with E-state index in [1.165, 1.54) is 0 Å². The zero-order valence-electron chi connectivity index (χ0n) is 11.8. The van der Waals surface area contributed by atoms with E-state index >= 15 is 0 Å². The molecule has 0 bridgehead atoms. The number of methoxy groups -OCH3 is 2. The molecule has 0 aliphatic rings. The zero-order chi connectivity index (χ0) is 15.2. The molecule has 0 aromatic heterocycles. The highest BCUT2D eigenvalue weighted by Crippen LogP contribution is 2.33. The number of ether oxygens (including phenoxy) is 2. The monoisotopic (exact) mass is 394 g/mol. The molecule has 0 aliphatic heterocycles. The van der Waals surface area contributed by atoms with Crippen LogP contribution < -0.4 is 9.47 Å². The van der Waals surface area contributed by atoms with Crippen LogP contribution in [-0.4, -0.2) is 20.0 Å². The first-order valence-corrected chi connectivity index (χ1v) is 7.42. The van der Waals surface area contributed by atoms with E-state index in [2.05, 4.69) is 22.6 Å². The molecule has 0 unspecified atom stereocenters. The van der Waals surface area contributed by atoms with Crippen LogP contribution in [-0.2, 0) is 0 Å². The molecule has 0 aliphatic carbocycles.